The van der Waals surface area contributed by atoms with Gasteiger partial charge in [0.25, 0.3) is 5.91 Å². The van der Waals surface area contributed by atoms with Crippen molar-refractivity contribution in [2.24, 2.45) is 4.99 Å². The normalized spacial score (nSPS) is 13.6. The Kier molecular flexibility index (Phi) is 5.99. The first-order chi connectivity index (χ1) is 11.8. The molecule has 3 rings (SSSR count). The summed E-state index contributed by atoms with van der Waals surface area (Å²) in [4.78, 5) is 17.2. The molecule has 5 heteroatoms. The van der Waals surface area contributed by atoms with E-state index < -0.39 is 0 Å². The van der Waals surface area contributed by atoms with Crippen molar-refractivity contribution in [3.63, 3.8) is 0 Å². The third-order valence-electron chi connectivity index (χ3n) is 3.82. The van der Waals surface area contributed by atoms with Crippen molar-refractivity contribution < 1.29 is 4.79 Å². The molecule has 1 N–H and O–H groups in total. The highest BCUT2D eigenvalue weighted by atomic mass is 32.2. The number of hydrogen-bond acceptors (Lipinski definition) is 4. The second-order valence-electron chi connectivity index (χ2n) is 5.41. The first-order valence-electron chi connectivity index (χ1n) is 8.05. The minimum absolute atomic E-state index is 0.0480. The van der Waals surface area contributed by atoms with Crippen LogP contribution in [0.4, 0.5) is 5.69 Å². The van der Waals surface area contributed by atoms with E-state index in [1.165, 1.54) is 0 Å². The summed E-state index contributed by atoms with van der Waals surface area (Å²) in [6, 6.07) is 15.8. The molecule has 1 aliphatic rings. The fourth-order valence-corrected chi connectivity index (χ4v) is 4.56. The lowest BCUT2D eigenvalue weighted by atomic mass is 10.1. The molecule has 0 spiro atoms. The zero-order valence-corrected chi connectivity index (χ0v) is 15.3. The number of hydrogen-bond donors (Lipinski definition) is 1. The quantitative estimate of drug-likeness (QED) is 0.834. The van der Waals surface area contributed by atoms with Crippen LogP contribution in [0.5, 0.6) is 0 Å². The molecule has 1 aliphatic heterocycles. The van der Waals surface area contributed by atoms with Crippen LogP contribution in [0, 0.1) is 0 Å². The predicted molar refractivity (Wildman–Crippen MR) is 106 cm³/mol. The maximum atomic E-state index is 12.7. The number of aliphatic imine (C=N–C) groups is 1. The van der Waals surface area contributed by atoms with Crippen molar-refractivity contribution in [1.29, 1.82) is 0 Å². The fraction of sp³-hybridized carbons (Fsp3) is 0.263. The van der Waals surface area contributed by atoms with Gasteiger partial charge >= 0.3 is 0 Å². The van der Waals surface area contributed by atoms with Crippen LogP contribution in [0.2, 0.25) is 0 Å². The van der Waals surface area contributed by atoms with Gasteiger partial charge in [-0.05, 0) is 29.7 Å². The highest BCUT2D eigenvalue weighted by Gasteiger charge is 2.14. The number of rotatable bonds is 5. The summed E-state index contributed by atoms with van der Waals surface area (Å²) in [6.45, 7) is 3.00. The van der Waals surface area contributed by atoms with Crippen molar-refractivity contribution in [2.75, 3.05) is 17.6 Å². The fourth-order valence-electron chi connectivity index (χ4n) is 2.55. The summed E-state index contributed by atoms with van der Waals surface area (Å²) in [6.07, 6.45) is 0.894. The molecule has 0 atom stereocenters. The smallest absolute Gasteiger partial charge is 0.255 e. The largest absolute Gasteiger partial charge is 0.322 e. The number of thioether (sulfide) groups is 2. The van der Waals surface area contributed by atoms with Crippen LogP contribution in [-0.2, 0) is 12.2 Å². The Balaban J connectivity index is 1.74. The first-order valence-corrected chi connectivity index (χ1v) is 10.0. The summed E-state index contributed by atoms with van der Waals surface area (Å²) in [5, 5.41) is 3.06. The van der Waals surface area contributed by atoms with E-state index in [1.807, 2.05) is 48.5 Å². The molecule has 1 amide bonds. The number of benzene rings is 2. The van der Waals surface area contributed by atoms with Crippen LogP contribution in [-0.4, -0.2) is 22.6 Å². The SMILES string of the molecule is CCc1ccccc1NC(=O)c1ccccc1CSC1=NCCS1. The van der Waals surface area contributed by atoms with Gasteiger partial charge in [-0.2, -0.15) is 0 Å². The highest BCUT2D eigenvalue weighted by Crippen LogP contribution is 2.27. The van der Waals surface area contributed by atoms with E-state index in [2.05, 4.69) is 17.2 Å². The van der Waals surface area contributed by atoms with Gasteiger partial charge in [-0.25, -0.2) is 0 Å². The summed E-state index contributed by atoms with van der Waals surface area (Å²) in [5.41, 5.74) is 3.82. The van der Waals surface area contributed by atoms with Gasteiger partial charge in [0.15, 0.2) is 0 Å². The molecule has 1 heterocycles. The van der Waals surface area contributed by atoms with Crippen LogP contribution < -0.4 is 5.32 Å². The topological polar surface area (TPSA) is 41.5 Å². The van der Waals surface area contributed by atoms with Gasteiger partial charge < -0.3 is 5.32 Å². The van der Waals surface area contributed by atoms with E-state index in [1.54, 1.807) is 23.5 Å². The number of aryl methyl sites for hydroxylation is 1. The maximum absolute atomic E-state index is 12.7. The second-order valence-corrected chi connectivity index (χ2v) is 7.71. The van der Waals surface area contributed by atoms with Gasteiger partial charge in [-0.15, -0.1) is 0 Å². The number of carbonyl (C=O) groups excluding carboxylic acids is 1. The molecule has 0 aliphatic carbocycles. The predicted octanol–water partition coefficient (Wildman–Crippen LogP) is 4.84. The standard InChI is InChI=1S/C19H20N2OS2/c1-2-14-7-4-6-10-17(14)21-18(22)16-9-5-3-8-15(16)13-24-19-20-11-12-23-19/h3-10H,2,11-13H2,1H3,(H,21,22). The second kappa shape index (κ2) is 8.40. The highest BCUT2D eigenvalue weighted by molar-refractivity contribution is 8.38. The Hall–Kier alpha value is -1.72. The van der Waals surface area contributed by atoms with Crippen LogP contribution in [0.1, 0.15) is 28.4 Å². The minimum Gasteiger partial charge on any atom is -0.322 e. The number of nitrogens with zero attached hydrogens (tertiary/aromatic N) is 1. The van der Waals surface area contributed by atoms with Crippen LogP contribution in [0.15, 0.2) is 53.5 Å². The Morgan fingerprint density at radius 1 is 1.17 bits per heavy atom. The number of carbonyl (C=O) groups is 1. The molecule has 0 unspecified atom stereocenters. The van der Waals surface area contributed by atoms with Crippen LogP contribution >= 0.6 is 23.5 Å². The lowest BCUT2D eigenvalue weighted by molar-refractivity contribution is 0.102. The van der Waals surface area contributed by atoms with Crippen LogP contribution in [0.3, 0.4) is 0 Å². The molecule has 0 saturated carbocycles. The average molecular weight is 357 g/mol. The maximum Gasteiger partial charge on any atom is 0.255 e. The third-order valence-corrected chi connectivity index (χ3v) is 6.12. The summed E-state index contributed by atoms with van der Waals surface area (Å²) >= 11 is 3.51. The Bertz CT molecular complexity index is 759. The molecule has 2 aromatic rings. The van der Waals surface area contributed by atoms with E-state index >= 15 is 0 Å². The van der Waals surface area contributed by atoms with Gasteiger partial charge in [0.2, 0.25) is 0 Å². The molecule has 0 fully saturated rings. The van der Waals surface area contributed by atoms with E-state index in [0.717, 1.165) is 51.2 Å². The molecule has 0 saturated heterocycles. The van der Waals surface area contributed by atoms with Gasteiger partial charge in [-0.3, -0.25) is 9.79 Å². The van der Waals surface area contributed by atoms with Gasteiger partial charge in [-0.1, -0.05) is 66.8 Å². The monoisotopic (exact) mass is 356 g/mol. The first kappa shape index (κ1) is 17.1. The summed E-state index contributed by atoms with van der Waals surface area (Å²) in [5.74, 6) is 1.79. The zero-order chi connectivity index (χ0) is 16.8. The van der Waals surface area contributed by atoms with Crippen molar-refractivity contribution >= 4 is 39.5 Å². The summed E-state index contributed by atoms with van der Waals surface area (Å²) in [7, 11) is 0. The lowest BCUT2D eigenvalue weighted by Crippen LogP contribution is -2.15. The van der Waals surface area contributed by atoms with E-state index in [0.29, 0.717) is 0 Å². The Morgan fingerprint density at radius 3 is 2.67 bits per heavy atom. The lowest BCUT2D eigenvalue weighted by Gasteiger charge is -2.12. The number of amides is 1. The molecule has 124 valence electrons. The number of anilines is 1. The molecule has 0 aromatic heterocycles. The Morgan fingerprint density at radius 2 is 1.92 bits per heavy atom. The molecule has 2 aromatic carbocycles. The van der Waals surface area contributed by atoms with E-state index in [-0.39, 0.29) is 5.91 Å². The van der Waals surface area contributed by atoms with Gasteiger partial charge in [0, 0.05) is 22.8 Å². The van der Waals surface area contributed by atoms with Gasteiger partial charge in [0.1, 0.15) is 4.38 Å². The molecule has 3 nitrogen and oxygen atoms in total. The molecular weight excluding hydrogens is 336 g/mol. The van der Waals surface area contributed by atoms with Crippen molar-refractivity contribution in [3.05, 3.63) is 65.2 Å². The van der Waals surface area contributed by atoms with E-state index in [9.17, 15) is 4.79 Å². The molecule has 0 radical (unpaired) electrons. The minimum atomic E-state index is -0.0480. The number of nitrogens with one attached hydrogen (secondary N) is 1. The van der Waals surface area contributed by atoms with Crippen molar-refractivity contribution in [3.8, 4) is 0 Å². The van der Waals surface area contributed by atoms with E-state index in [4.69, 9.17) is 0 Å². The van der Waals surface area contributed by atoms with Crippen LogP contribution in [0.25, 0.3) is 0 Å². The van der Waals surface area contributed by atoms with Crippen molar-refractivity contribution in [1.82, 2.24) is 0 Å². The third kappa shape index (κ3) is 4.22. The number of para-hydroxylation sites is 1. The Labute approximate surface area is 151 Å². The molecule has 24 heavy (non-hydrogen) atoms. The zero-order valence-electron chi connectivity index (χ0n) is 13.6. The van der Waals surface area contributed by atoms with Crippen molar-refractivity contribution in [2.45, 2.75) is 19.1 Å². The molecular formula is C19H20N2OS2. The van der Waals surface area contributed by atoms with Gasteiger partial charge in [0.05, 0.1) is 6.54 Å². The summed E-state index contributed by atoms with van der Waals surface area (Å²) < 4.78 is 1.13. The average Bonchev–Trinajstić information content (AvgIpc) is 3.14. The molecule has 0 bridgehead atoms.